The predicted molar refractivity (Wildman–Crippen MR) is 55.1 cm³/mol. The van der Waals surface area contributed by atoms with Gasteiger partial charge in [-0.3, -0.25) is 9.69 Å². The Balaban J connectivity index is 2.54. The molecule has 0 aromatic rings. The van der Waals surface area contributed by atoms with Gasteiger partial charge in [0, 0.05) is 13.1 Å². The van der Waals surface area contributed by atoms with E-state index < -0.39 is 30.5 Å². The van der Waals surface area contributed by atoms with Crippen molar-refractivity contribution < 1.29 is 32.9 Å². The van der Waals surface area contributed by atoms with Gasteiger partial charge in [0.1, 0.15) is 0 Å². The Hall–Kier alpha value is -0.860. The summed E-state index contributed by atoms with van der Waals surface area (Å²) in [6.07, 6.45) is -5.19. The molecule has 1 aliphatic heterocycles. The van der Waals surface area contributed by atoms with E-state index in [9.17, 15) is 18.0 Å². The zero-order valence-electron chi connectivity index (χ0n) is 9.74. The van der Waals surface area contributed by atoms with Crippen LogP contribution in [-0.2, 0) is 9.53 Å². The van der Waals surface area contributed by atoms with Gasteiger partial charge in [-0.05, 0) is 13.0 Å². The third-order valence-corrected chi connectivity index (χ3v) is 3.09. The average Bonchev–Trinajstić information content (AvgIpc) is 2.69. The summed E-state index contributed by atoms with van der Waals surface area (Å²) in [4.78, 5) is 12.3. The van der Waals surface area contributed by atoms with E-state index in [1.807, 2.05) is 0 Å². The standard InChI is InChI=1S/C10H16F3NO4/c11-10(12,13)9(8(16)17)1-2-14(7-9)3-5-18-6-4-15/h15H,1-7H2,(H,16,17). The Morgan fingerprint density at radius 3 is 2.50 bits per heavy atom. The van der Waals surface area contributed by atoms with Crippen LogP contribution in [0.15, 0.2) is 0 Å². The molecule has 1 saturated heterocycles. The summed E-state index contributed by atoms with van der Waals surface area (Å²) in [5, 5.41) is 17.3. The Bertz CT molecular complexity index is 297. The van der Waals surface area contributed by atoms with E-state index in [1.165, 1.54) is 4.90 Å². The molecule has 106 valence electrons. The third-order valence-electron chi connectivity index (χ3n) is 3.09. The van der Waals surface area contributed by atoms with Gasteiger partial charge in [-0.2, -0.15) is 13.2 Å². The van der Waals surface area contributed by atoms with Crippen LogP contribution in [0.1, 0.15) is 6.42 Å². The number of rotatable bonds is 6. The fraction of sp³-hybridized carbons (Fsp3) is 0.900. The van der Waals surface area contributed by atoms with Crippen LogP contribution in [0.2, 0.25) is 0 Å². The molecular formula is C10H16F3NO4. The highest BCUT2D eigenvalue weighted by molar-refractivity contribution is 5.76. The van der Waals surface area contributed by atoms with Gasteiger partial charge in [-0.1, -0.05) is 0 Å². The van der Waals surface area contributed by atoms with Crippen LogP contribution in [0.5, 0.6) is 0 Å². The quantitative estimate of drug-likeness (QED) is 0.681. The second kappa shape index (κ2) is 5.85. The molecule has 0 saturated carbocycles. The van der Waals surface area contributed by atoms with Crippen LogP contribution in [0.4, 0.5) is 13.2 Å². The van der Waals surface area contributed by atoms with Crippen molar-refractivity contribution in [2.24, 2.45) is 5.41 Å². The third kappa shape index (κ3) is 3.12. The van der Waals surface area contributed by atoms with E-state index in [2.05, 4.69) is 0 Å². The van der Waals surface area contributed by atoms with Crippen molar-refractivity contribution in [1.29, 1.82) is 0 Å². The van der Waals surface area contributed by atoms with Gasteiger partial charge in [0.25, 0.3) is 0 Å². The van der Waals surface area contributed by atoms with Crippen molar-refractivity contribution >= 4 is 5.97 Å². The van der Waals surface area contributed by atoms with Gasteiger partial charge >= 0.3 is 12.1 Å². The number of aliphatic hydroxyl groups is 1. The number of carbonyl (C=O) groups is 1. The molecule has 1 rings (SSSR count). The first kappa shape index (κ1) is 15.2. The summed E-state index contributed by atoms with van der Waals surface area (Å²) in [6, 6.07) is 0. The number of aliphatic hydroxyl groups excluding tert-OH is 1. The lowest BCUT2D eigenvalue weighted by Gasteiger charge is -2.27. The summed E-state index contributed by atoms with van der Waals surface area (Å²) in [6.45, 7) is -0.0966. The minimum absolute atomic E-state index is 0.0777. The molecule has 8 heteroatoms. The molecule has 0 aromatic heterocycles. The van der Waals surface area contributed by atoms with Crippen LogP contribution in [0, 0.1) is 5.41 Å². The van der Waals surface area contributed by atoms with Crippen molar-refractivity contribution in [2.45, 2.75) is 12.6 Å². The second-order valence-electron chi connectivity index (χ2n) is 4.25. The topological polar surface area (TPSA) is 70.0 Å². The van der Waals surface area contributed by atoms with Gasteiger partial charge in [-0.15, -0.1) is 0 Å². The summed E-state index contributed by atoms with van der Waals surface area (Å²) in [5.74, 6) is -1.83. The van der Waals surface area contributed by atoms with Gasteiger partial charge in [0.05, 0.1) is 19.8 Å². The number of hydrogen-bond donors (Lipinski definition) is 2. The van der Waals surface area contributed by atoms with Crippen molar-refractivity contribution in [3.8, 4) is 0 Å². The Morgan fingerprint density at radius 2 is 2.06 bits per heavy atom. The van der Waals surface area contributed by atoms with Gasteiger partial charge < -0.3 is 14.9 Å². The fourth-order valence-electron chi connectivity index (χ4n) is 1.97. The molecule has 1 atom stereocenters. The highest BCUT2D eigenvalue weighted by atomic mass is 19.4. The Labute approximate surface area is 102 Å². The number of carboxylic acids is 1. The molecule has 1 unspecified atom stereocenters. The molecule has 1 fully saturated rings. The van der Waals surface area contributed by atoms with Gasteiger partial charge in [0.2, 0.25) is 0 Å². The maximum absolute atomic E-state index is 12.8. The first-order valence-corrected chi connectivity index (χ1v) is 5.54. The lowest BCUT2D eigenvalue weighted by Crippen LogP contribution is -2.47. The van der Waals surface area contributed by atoms with E-state index in [4.69, 9.17) is 14.9 Å². The van der Waals surface area contributed by atoms with Crippen LogP contribution < -0.4 is 0 Å². The molecule has 1 aliphatic rings. The predicted octanol–water partition coefficient (Wildman–Crippen LogP) is 0.334. The molecule has 0 radical (unpaired) electrons. The molecule has 5 nitrogen and oxygen atoms in total. The normalized spacial score (nSPS) is 25.6. The lowest BCUT2D eigenvalue weighted by atomic mass is 9.86. The lowest BCUT2D eigenvalue weighted by molar-refractivity contribution is -0.227. The smallest absolute Gasteiger partial charge is 0.406 e. The van der Waals surface area contributed by atoms with Crippen molar-refractivity contribution in [1.82, 2.24) is 4.90 Å². The number of ether oxygens (including phenoxy) is 1. The van der Waals surface area contributed by atoms with Crippen LogP contribution in [0.25, 0.3) is 0 Å². The fourth-order valence-corrected chi connectivity index (χ4v) is 1.97. The van der Waals surface area contributed by atoms with Gasteiger partial charge in [-0.25, -0.2) is 0 Å². The average molecular weight is 271 g/mol. The molecule has 0 aromatic carbocycles. The number of carboxylic acid groups (broad SMARTS) is 1. The molecule has 0 amide bonds. The molecule has 18 heavy (non-hydrogen) atoms. The van der Waals surface area contributed by atoms with Crippen molar-refractivity contribution in [3.05, 3.63) is 0 Å². The molecule has 2 N–H and O–H groups in total. The number of aliphatic carboxylic acids is 1. The van der Waals surface area contributed by atoms with Crippen molar-refractivity contribution in [3.63, 3.8) is 0 Å². The summed E-state index contributed by atoms with van der Waals surface area (Å²) in [7, 11) is 0. The van der Waals surface area contributed by atoms with E-state index in [1.54, 1.807) is 0 Å². The molecule has 0 bridgehead atoms. The largest absolute Gasteiger partial charge is 0.481 e. The van der Waals surface area contributed by atoms with E-state index in [0.29, 0.717) is 0 Å². The van der Waals surface area contributed by atoms with E-state index in [-0.39, 0.29) is 32.9 Å². The van der Waals surface area contributed by atoms with Crippen LogP contribution >= 0.6 is 0 Å². The zero-order chi connectivity index (χ0) is 13.8. The molecule has 0 spiro atoms. The van der Waals surface area contributed by atoms with Crippen LogP contribution in [0.3, 0.4) is 0 Å². The minimum Gasteiger partial charge on any atom is -0.481 e. The zero-order valence-corrected chi connectivity index (χ0v) is 9.74. The SMILES string of the molecule is O=C(O)C1(C(F)(F)F)CCN(CCOCCO)C1. The summed E-state index contributed by atoms with van der Waals surface area (Å²) in [5.41, 5.74) is -2.66. The first-order valence-electron chi connectivity index (χ1n) is 5.54. The Morgan fingerprint density at radius 1 is 1.39 bits per heavy atom. The van der Waals surface area contributed by atoms with Crippen LogP contribution in [-0.4, -0.2) is 66.7 Å². The highest BCUT2D eigenvalue weighted by Crippen LogP contribution is 2.45. The first-order chi connectivity index (χ1) is 8.33. The summed E-state index contributed by atoms with van der Waals surface area (Å²) >= 11 is 0. The number of alkyl halides is 3. The maximum atomic E-state index is 12.8. The number of hydrogen-bond acceptors (Lipinski definition) is 4. The summed E-state index contributed by atoms with van der Waals surface area (Å²) < 4.78 is 43.4. The molecule has 0 aliphatic carbocycles. The van der Waals surface area contributed by atoms with E-state index >= 15 is 0 Å². The van der Waals surface area contributed by atoms with Gasteiger partial charge in [0.15, 0.2) is 5.41 Å². The van der Waals surface area contributed by atoms with E-state index in [0.717, 1.165) is 0 Å². The number of halogens is 3. The molecular weight excluding hydrogens is 255 g/mol. The minimum atomic E-state index is -4.75. The monoisotopic (exact) mass is 271 g/mol. The number of likely N-dealkylation sites (tertiary alicyclic amines) is 1. The Kier molecular flexibility index (Phi) is 4.94. The molecule has 1 heterocycles. The maximum Gasteiger partial charge on any atom is 0.406 e. The second-order valence-corrected chi connectivity index (χ2v) is 4.25. The highest BCUT2D eigenvalue weighted by Gasteiger charge is 2.63. The van der Waals surface area contributed by atoms with Crippen molar-refractivity contribution in [2.75, 3.05) is 39.5 Å². The number of nitrogens with zero attached hydrogens (tertiary/aromatic N) is 1.